The van der Waals surface area contributed by atoms with Crippen molar-refractivity contribution in [1.82, 2.24) is 5.32 Å². The Kier molecular flexibility index (Phi) is 3.78. The lowest BCUT2D eigenvalue weighted by atomic mass is 10.1. The van der Waals surface area contributed by atoms with E-state index < -0.39 is 6.09 Å². The van der Waals surface area contributed by atoms with Crippen LogP contribution >= 0.6 is 27.3 Å². The van der Waals surface area contributed by atoms with E-state index in [1.807, 2.05) is 27.7 Å². The first-order valence-corrected chi connectivity index (χ1v) is 6.15. The van der Waals surface area contributed by atoms with Gasteiger partial charge in [0, 0.05) is 16.5 Å². The number of hydrogen-bond acceptors (Lipinski definition) is 3. The van der Waals surface area contributed by atoms with E-state index >= 15 is 0 Å². The standard InChI is InChI=1S/C10H14BrNO2S/c1-6-7(5-8(11)15-6)14-9(13)12-10(2,3)4/h5H,1-4H3,(H,12,13). The molecule has 0 saturated heterocycles. The lowest BCUT2D eigenvalue weighted by molar-refractivity contribution is 0.190. The Bertz CT molecular complexity index is 368. The van der Waals surface area contributed by atoms with Gasteiger partial charge in [0.15, 0.2) is 0 Å². The highest BCUT2D eigenvalue weighted by Crippen LogP contribution is 2.32. The van der Waals surface area contributed by atoms with Crippen molar-refractivity contribution >= 4 is 33.4 Å². The number of amides is 1. The third-order valence-electron chi connectivity index (χ3n) is 1.52. The van der Waals surface area contributed by atoms with Crippen LogP contribution in [-0.4, -0.2) is 11.6 Å². The summed E-state index contributed by atoms with van der Waals surface area (Å²) in [6, 6.07) is 1.79. The van der Waals surface area contributed by atoms with Crippen LogP contribution in [0.5, 0.6) is 5.75 Å². The van der Waals surface area contributed by atoms with Crippen LogP contribution in [0.2, 0.25) is 0 Å². The smallest absolute Gasteiger partial charge is 0.409 e. The fourth-order valence-corrected chi connectivity index (χ4v) is 2.56. The molecular weight excluding hydrogens is 278 g/mol. The van der Waals surface area contributed by atoms with E-state index in [0.29, 0.717) is 5.75 Å². The molecule has 0 aromatic carbocycles. The van der Waals surface area contributed by atoms with Gasteiger partial charge in [-0.1, -0.05) is 0 Å². The summed E-state index contributed by atoms with van der Waals surface area (Å²) in [6.45, 7) is 7.63. The Morgan fingerprint density at radius 3 is 2.53 bits per heavy atom. The number of nitrogens with one attached hydrogen (secondary N) is 1. The van der Waals surface area contributed by atoms with Gasteiger partial charge in [-0.2, -0.15) is 0 Å². The van der Waals surface area contributed by atoms with Crippen LogP contribution in [0.4, 0.5) is 4.79 Å². The molecule has 84 valence electrons. The molecule has 0 saturated carbocycles. The molecule has 1 N–H and O–H groups in total. The number of hydrogen-bond donors (Lipinski definition) is 1. The van der Waals surface area contributed by atoms with Gasteiger partial charge in [0.1, 0.15) is 5.75 Å². The predicted octanol–water partition coefficient (Wildman–Crippen LogP) is 3.71. The van der Waals surface area contributed by atoms with Gasteiger partial charge in [0.25, 0.3) is 0 Å². The summed E-state index contributed by atoms with van der Waals surface area (Å²) in [5, 5.41) is 2.73. The van der Waals surface area contributed by atoms with E-state index in [9.17, 15) is 4.79 Å². The zero-order chi connectivity index (χ0) is 11.6. The summed E-state index contributed by atoms with van der Waals surface area (Å²) in [6.07, 6.45) is -0.420. The average molecular weight is 292 g/mol. The zero-order valence-corrected chi connectivity index (χ0v) is 11.6. The Morgan fingerprint density at radius 1 is 1.53 bits per heavy atom. The van der Waals surface area contributed by atoms with Crippen LogP contribution in [0, 0.1) is 6.92 Å². The number of carbonyl (C=O) groups excluding carboxylic acids is 1. The van der Waals surface area contributed by atoms with Crippen molar-refractivity contribution in [3.05, 3.63) is 14.7 Å². The molecule has 0 fully saturated rings. The second kappa shape index (κ2) is 4.53. The summed E-state index contributed by atoms with van der Waals surface area (Å²) in [7, 11) is 0. The quantitative estimate of drug-likeness (QED) is 0.857. The molecular formula is C10H14BrNO2S. The molecule has 0 aliphatic heterocycles. The molecule has 0 spiro atoms. The van der Waals surface area contributed by atoms with Crippen molar-refractivity contribution in [2.24, 2.45) is 0 Å². The zero-order valence-electron chi connectivity index (χ0n) is 9.18. The van der Waals surface area contributed by atoms with E-state index in [2.05, 4.69) is 21.2 Å². The summed E-state index contributed by atoms with van der Waals surface area (Å²) >= 11 is 4.88. The maximum absolute atomic E-state index is 11.4. The number of aryl methyl sites for hydroxylation is 1. The Balaban J connectivity index is 2.63. The minimum atomic E-state index is -0.420. The van der Waals surface area contributed by atoms with Crippen LogP contribution in [0.1, 0.15) is 25.6 Å². The van der Waals surface area contributed by atoms with Crippen molar-refractivity contribution in [2.75, 3.05) is 0 Å². The van der Waals surface area contributed by atoms with Gasteiger partial charge in [0.2, 0.25) is 0 Å². The van der Waals surface area contributed by atoms with Gasteiger partial charge in [-0.3, -0.25) is 0 Å². The predicted molar refractivity (Wildman–Crippen MR) is 65.7 cm³/mol. The van der Waals surface area contributed by atoms with E-state index in [1.165, 1.54) is 0 Å². The van der Waals surface area contributed by atoms with Gasteiger partial charge in [-0.05, 0) is 43.6 Å². The van der Waals surface area contributed by atoms with Crippen molar-refractivity contribution < 1.29 is 9.53 Å². The lowest BCUT2D eigenvalue weighted by Gasteiger charge is -2.19. The summed E-state index contributed by atoms with van der Waals surface area (Å²) in [4.78, 5) is 12.4. The van der Waals surface area contributed by atoms with Gasteiger partial charge in [-0.25, -0.2) is 4.79 Å². The van der Waals surface area contributed by atoms with Crippen molar-refractivity contribution in [2.45, 2.75) is 33.2 Å². The molecule has 3 nitrogen and oxygen atoms in total. The van der Waals surface area contributed by atoms with Crippen LogP contribution < -0.4 is 10.1 Å². The Hall–Kier alpha value is -0.550. The van der Waals surface area contributed by atoms with Crippen LogP contribution in [0.25, 0.3) is 0 Å². The minimum absolute atomic E-state index is 0.280. The van der Waals surface area contributed by atoms with E-state index in [0.717, 1.165) is 8.66 Å². The van der Waals surface area contributed by atoms with E-state index in [4.69, 9.17) is 4.74 Å². The molecule has 5 heteroatoms. The largest absolute Gasteiger partial charge is 0.413 e. The number of halogens is 1. The third-order valence-corrected chi connectivity index (χ3v) is 3.06. The van der Waals surface area contributed by atoms with E-state index in [-0.39, 0.29) is 5.54 Å². The van der Waals surface area contributed by atoms with Gasteiger partial charge >= 0.3 is 6.09 Å². The second-order valence-corrected chi connectivity index (χ2v) is 6.87. The molecule has 1 aromatic rings. The molecule has 1 aromatic heterocycles. The van der Waals surface area contributed by atoms with Crippen LogP contribution in [0.15, 0.2) is 9.85 Å². The number of carbonyl (C=O) groups is 1. The molecule has 0 aliphatic carbocycles. The normalized spacial score (nSPS) is 11.3. The molecule has 15 heavy (non-hydrogen) atoms. The Labute approximate surface area is 102 Å². The van der Waals surface area contributed by atoms with Crippen LogP contribution in [-0.2, 0) is 0 Å². The molecule has 1 heterocycles. The maximum Gasteiger partial charge on any atom is 0.413 e. The SMILES string of the molecule is Cc1sc(Br)cc1OC(=O)NC(C)(C)C. The summed E-state index contributed by atoms with van der Waals surface area (Å²) in [5.41, 5.74) is -0.280. The molecule has 0 atom stereocenters. The molecule has 0 radical (unpaired) electrons. The summed E-state index contributed by atoms with van der Waals surface area (Å²) in [5.74, 6) is 0.605. The van der Waals surface area contributed by atoms with Crippen molar-refractivity contribution in [1.29, 1.82) is 0 Å². The van der Waals surface area contributed by atoms with Crippen LogP contribution in [0.3, 0.4) is 0 Å². The molecule has 0 bridgehead atoms. The van der Waals surface area contributed by atoms with E-state index in [1.54, 1.807) is 17.4 Å². The number of thiophene rings is 1. The third kappa shape index (κ3) is 4.22. The second-order valence-electron chi connectivity index (χ2n) is 4.24. The first-order valence-electron chi connectivity index (χ1n) is 4.54. The molecule has 1 amide bonds. The number of rotatable bonds is 1. The molecule has 0 aliphatic rings. The number of ether oxygens (including phenoxy) is 1. The molecule has 1 rings (SSSR count). The fourth-order valence-electron chi connectivity index (χ4n) is 0.964. The monoisotopic (exact) mass is 291 g/mol. The highest BCUT2D eigenvalue weighted by molar-refractivity contribution is 9.11. The highest BCUT2D eigenvalue weighted by Gasteiger charge is 2.16. The Morgan fingerprint density at radius 2 is 2.13 bits per heavy atom. The topological polar surface area (TPSA) is 38.3 Å². The lowest BCUT2D eigenvalue weighted by Crippen LogP contribution is -2.42. The van der Waals surface area contributed by atoms with Crippen molar-refractivity contribution in [3.63, 3.8) is 0 Å². The van der Waals surface area contributed by atoms with Crippen molar-refractivity contribution in [3.8, 4) is 5.75 Å². The fraction of sp³-hybridized carbons (Fsp3) is 0.500. The average Bonchev–Trinajstić information content (AvgIpc) is 2.25. The minimum Gasteiger partial charge on any atom is -0.409 e. The first kappa shape index (κ1) is 12.5. The van der Waals surface area contributed by atoms with Gasteiger partial charge in [0.05, 0.1) is 3.79 Å². The molecule has 0 unspecified atom stereocenters. The highest BCUT2D eigenvalue weighted by atomic mass is 79.9. The van der Waals surface area contributed by atoms with Gasteiger partial charge in [-0.15, -0.1) is 11.3 Å². The summed E-state index contributed by atoms with van der Waals surface area (Å²) < 4.78 is 6.13. The van der Waals surface area contributed by atoms with Gasteiger partial charge < -0.3 is 10.1 Å². The maximum atomic E-state index is 11.4. The first-order chi connectivity index (χ1) is 6.78.